The Kier molecular flexibility index (Phi) is 9.18. The van der Waals surface area contributed by atoms with Crippen LogP contribution in [-0.4, -0.2) is 35.4 Å². The van der Waals surface area contributed by atoms with E-state index < -0.39 is 18.5 Å². The summed E-state index contributed by atoms with van der Waals surface area (Å²) in [6.45, 7) is 2.10. The molecule has 2 aromatic rings. The third-order valence-corrected chi connectivity index (χ3v) is 4.16. The summed E-state index contributed by atoms with van der Waals surface area (Å²) < 4.78 is 11.1. The van der Waals surface area contributed by atoms with Gasteiger partial charge >= 0.3 is 11.9 Å². The van der Waals surface area contributed by atoms with E-state index in [1.807, 2.05) is 30.4 Å². The van der Waals surface area contributed by atoms with Crippen LogP contribution < -0.4 is 9.47 Å². The number of aliphatic carboxylic acids is 1. The second kappa shape index (κ2) is 12.1. The highest BCUT2D eigenvalue weighted by Gasteiger charge is 2.08. The van der Waals surface area contributed by atoms with Crippen LogP contribution in [0.4, 0.5) is 0 Å². The van der Waals surface area contributed by atoms with Crippen molar-refractivity contribution in [3.05, 3.63) is 77.4 Å². The number of unbranched alkanes of at least 4 members (excludes halogenated alkanes) is 1. The van der Waals surface area contributed by atoms with Crippen molar-refractivity contribution in [2.24, 2.45) is 0 Å². The Labute approximate surface area is 176 Å². The van der Waals surface area contributed by atoms with Crippen molar-refractivity contribution in [1.82, 2.24) is 0 Å². The van der Waals surface area contributed by atoms with E-state index in [2.05, 4.69) is 13.0 Å². The first-order valence-electron chi connectivity index (χ1n) is 9.74. The fourth-order valence-corrected chi connectivity index (χ4v) is 2.62. The van der Waals surface area contributed by atoms with Gasteiger partial charge in [0.15, 0.2) is 6.61 Å². The molecule has 0 aliphatic rings. The van der Waals surface area contributed by atoms with Gasteiger partial charge in [0.25, 0.3) is 0 Å². The third kappa shape index (κ3) is 7.83. The maximum absolute atomic E-state index is 10.9. The highest BCUT2D eigenvalue weighted by Crippen LogP contribution is 2.26. The number of benzene rings is 2. The van der Waals surface area contributed by atoms with Gasteiger partial charge in [0.2, 0.25) is 0 Å². The molecule has 30 heavy (non-hydrogen) atoms. The second-order valence-electron chi connectivity index (χ2n) is 6.56. The highest BCUT2D eigenvalue weighted by atomic mass is 16.5. The molecule has 0 fully saturated rings. The standard InChI is InChI=1S/C24H26O6/c1-2-3-4-5-15-29-21-14-13-19(22(16-21)30-17-23(25)26)8-6-7-18-9-11-20(12-10-18)24(27)28/h4-7,9-14,16H,2-3,8,15,17H2,1H3,(H,25,26)(H,27,28)/b5-4+,7-6+. The van der Waals surface area contributed by atoms with Crippen molar-refractivity contribution in [3.8, 4) is 11.5 Å². The summed E-state index contributed by atoms with van der Waals surface area (Å²) in [6.07, 6.45) is 10.4. The lowest BCUT2D eigenvalue weighted by Crippen LogP contribution is -2.10. The van der Waals surface area contributed by atoms with E-state index in [1.54, 1.807) is 30.3 Å². The van der Waals surface area contributed by atoms with Gasteiger partial charge in [-0.3, -0.25) is 0 Å². The molecule has 0 spiro atoms. The van der Waals surface area contributed by atoms with Gasteiger partial charge in [-0.15, -0.1) is 0 Å². The van der Waals surface area contributed by atoms with Crippen LogP contribution in [0, 0.1) is 0 Å². The van der Waals surface area contributed by atoms with Crippen molar-refractivity contribution in [3.63, 3.8) is 0 Å². The summed E-state index contributed by atoms with van der Waals surface area (Å²) in [6, 6.07) is 11.9. The molecule has 2 rings (SSSR count). The molecule has 0 saturated heterocycles. The summed E-state index contributed by atoms with van der Waals surface area (Å²) in [7, 11) is 0. The van der Waals surface area contributed by atoms with Crippen LogP contribution in [0.2, 0.25) is 0 Å². The predicted octanol–water partition coefficient (Wildman–Crippen LogP) is 4.84. The van der Waals surface area contributed by atoms with E-state index in [9.17, 15) is 9.59 Å². The van der Waals surface area contributed by atoms with E-state index in [1.165, 1.54) is 0 Å². The Bertz CT molecular complexity index is 896. The average molecular weight is 410 g/mol. The van der Waals surface area contributed by atoms with Gasteiger partial charge in [0.1, 0.15) is 18.1 Å². The van der Waals surface area contributed by atoms with Crippen molar-refractivity contribution >= 4 is 18.0 Å². The van der Waals surface area contributed by atoms with Gasteiger partial charge in [0, 0.05) is 6.07 Å². The number of rotatable bonds is 12. The van der Waals surface area contributed by atoms with Crippen LogP contribution in [0.1, 0.15) is 41.3 Å². The molecule has 0 bridgehead atoms. The molecular formula is C24H26O6. The SMILES string of the molecule is CCC/C=C/COc1ccc(C/C=C/c2ccc(C(=O)O)cc2)c(OCC(=O)O)c1. The van der Waals surface area contributed by atoms with Gasteiger partial charge in [-0.1, -0.05) is 55.8 Å². The monoisotopic (exact) mass is 410 g/mol. The number of carboxylic acid groups (broad SMARTS) is 2. The van der Waals surface area contributed by atoms with E-state index in [0.29, 0.717) is 24.5 Å². The molecule has 158 valence electrons. The molecule has 0 saturated carbocycles. The summed E-state index contributed by atoms with van der Waals surface area (Å²) >= 11 is 0. The zero-order chi connectivity index (χ0) is 21.8. The molecule has 2 aromatic carbocycles. The molecule has 0 amide bonds. The zero-order valence-electron chi connectivity index (χ0n) is 16.9. The average Bonchev–Trinajstić information content (AvgIpc) is 2.73. The lowest BCUT2D eigenvalue weighted by molar-refractivity contribution is -0.139. The topological polar surface area (TPSA) is 93.1 Å². The molecule has 0 aliphatic carbocycles. The summed E-state index contributed by atoms with van der Waals surface area (Å²) in [5.74, 6) is -0.954. The molecular weight excluding hydrogens is 384 g/mol. The molecule has 6 heteroatoms. The van der Waals surface area contributed by atoms with Crippen molar-refractivity contribution in [1.29, 1.82) is 0 Å². The largest absolute Gasteiger partial charge is 0.489 e. The lowest BCUT2D eigenvalue weighted by Gasteiger charge is -2.11. The number of ether oxygens (including phenoxy) is 2. The summed E-state index contributed by atoms with van der Waals surface area (Å²) in [5, 5.41) is 17.9. The highest BCUT2D eigenvalue weighted by molar-refractivity contribution is 5.87. The smallest absolute Gasteiger partial charge is 0.341 e. The Morgan fingerprint density at radius 3 is 2.40 bits per heavy atom. The second-order valence-corrected chi connectivity index (χ2v) is 6.56. The molecule has 0 atom stereocenters. The minimum Gasteiger partial charge on any atom is -0.489 e. The van der Waals surface area contributed by atoms with Crippen molar-refractivity contribution in [2.45, 2.75) is 26.2 Å². The maximum atomic E-state index is 10.9. The number of carboxylic acids is 2. The van der Waals surface area contributed by atoms with Gasteiger partial charge in [-0.05, 0) is 42.2 Å². The summed E-state index contributed by atoms with van der Waals surface area (Å²) in [4.78, 5) is 21.8. The van der Waals surface area contributed by atoms with Crippen molar-refractivity contribution < 1.29 is 29.3 Å². The molecule has 0 unspecified atom stereocenters. The van der Waals surface area contributed by atoms with Gasteiger partial charge in [-0.2, -0.15) is 0 Å². The van der Waals surface area contributed by atoms with Crippen LogP contribution in [0.15, 0.2) is 60.7 Å². The number of carbonyl (C=O) groups is 2. The van der Waals surface area contributed by atoms with Crippen LogP contribution in [0.5, 0.6) is 11.5 Å². The first-order chi connectivity index (χ1) is 14.5. The van der Waals surface area contributed by atoms with Gasteiger partial charge in [-0.25, -0.2) is 9.59 Å². The predicted molar refractivity (Wildman–Crippen MR) is 115 cm³/mol. The Balaban J connectivity index is 2.06. The normalized spacial score (nSPS) is 11.1. The van der Waals surface area contributed by atoms with Gasteiger partial charge in [0.05, 0.1) is 5.56 Å². The van der Waals surface area contributed by atoms with Crippen LogP contribution >= 0.6 is 0 Å². The summed E-state index contributed by atoms with van der Waals surface area (Å²) in [5.41, 5.74) is 1.92. The quantitative estimate of drug-likeness (QED) is 0.487. The van der Waals surface area contributed by atoms with E-state index in [0.717, 1.165) is 24.0 Å². The number of aromatic carboxylic acids is 1. The maximum Gasteiger partial charge on any atom is 0.341 e. The first-order valence-corrected chi connectivity index (χ1v) is 9.74. The van der Waals surface area contributed by atoms with E-state index in [-0.39, 0.29) is 5.56 Å². The molecule has 0 aliphatic heterocycles. The molecule has 0 aromatic heterocycles. The van der Waals surface area contributed by atoms with Crippen LogP contribution in [-0.2, 0) is 11.2 Å². The zero-order valence-corrected chi connectivity index (χ0v) is 16.9. The van der Waals surface area contributed by atoms with E-state index in [4.69, 9.17) is 19.7 Å². The lowest BCUT2D eigenvalue weighted by atomic mass is 10.1. The Hall–Kier alpha value is -3.54. The van der Waals surface area contributed by atoms with Crippen LogP contribution in [0.25, 0.3) is 6.08 Å². The Morgan fingerprint density at radius 1 is 0.967 bits per heavy atom. The molecule has 0 radical (unpaired) electrons. The number of hydrogen-bond donors (Lipinski definition) is 2. The fraction of sp³-hybridized carbons (Fsp3) is 0.250. The van der Waals surface area contributed by atoms with Crippen LogP contribution in [0.3, 0.4) is 0 Å². The molecule has 2 N–H and O–H groups in total. The number of hydrogen-bond acceptors (Lipinski definition) is 4. The van der Waals surface area contributed by atoms with E-state index >= 15 is 0 Å². The first kappa shape index (κ1) is 22.7. The molecule has 6 nitrogen and oxygen atoms in total. The minimum absolute atomic E-state index is 0.233. The molecule has 0 heterocycles. The third-order valence-electron chi connectivity index (χ3n) is 4.16. The minimum atomic E-state index is -1.05. The fourth-order valence-electron chi connectivity index (χ4n) is 2.62. The Morgan fingerprint density at radius 2 is 1.73 bits per heavy atom. The van der Waals surface area contributed by atoms with Crippen molar-refractivity contribution in [2.75, 3.05) is 13.2 Å². The van der Waals surface area contributed by atoms with Gasteiger partial charge < -0.3 is 19.7 Å². The number of allylic oxidation sites excluding steroid dienone is 2.